The second-order valence-electron chi connectivity index (χ2n) is 4.24. The Bertz CT molecular complexity index is 383. The molecule has 1 aromatic rings. The lowest BCUT2D eigenvalue weighted by Crippen LogP contribution is -2.41. The van der Waals surface area contributed by atoms with Gasteiger partial charge in [-0.25, -0.2) is 0 Å². The number of nitrogens with one attached hydrogen (secondary N) is 1. The summed E-state index contributed by atoms with van der Waals surface area (Å²) in [7, 11) is 0. The van der Waals surface area contributed by atoms with Crippen molar-refractivity contribution < 1.29 is 20.1 Å². The largest absolute Gasteiger partial charge is 0.508 e. The Kier molecular flexibility index (Phi) is 4.34. The Labute approximate surface area is 99.7 Å². The predicted octanol–water partition coefficient (Wildman–Crippen LogP) is 0.844. The Hall–Kier alpha value is -1.75. The molecule has 0 unspecified atom stereocenters. The van der Waals surface area contributed by atoms with Crippen LogP contribution in [0.5, 0.6) is 11.5 Å². The maximum Gasteiger partial charge on any atom is 0.251 e. The number of carbonyl (C=O) groups excluding carboxylic acids is 1. The first-order valence-electron chi connectivity index (χ1n) is 5.38. The molecule has 0 aliphatic carbocycles. The molecular weight excluding hydrogens is 222 g/mol. The van der Waals surface area contributed by atoms with E-state index in [2.05, 4.69) is 5.32 Å². The zero-order valence-electron chi connectivity index (χ0n) is 9.84. The molecule has 0 aliphatic heterocycles. The third-order valence-electron chi connectivity index (χ3n) is 2.48. The summed E-state index contributed by atoms with van der Waals surface area (Å²) in [6.45, 7) is 3.59. The van der Waals surface area contributed by atoms with Gasteiger partial charge in [0.25, 0.3) is 5.91 Å². The molecule has 1 amide bonds. The number of carbonyl (C=O) groups is 1. The number of rotatable bonds is 4. The van der Waals surface area contributed by atoms with E-state index in [9.17, 15) is 15.0 Å². The van der Waals surface area contributed by atoms with E-state index in [1.165, 1.54) is 12.1 Å². The van der Waals surface area contributed by atoms with E-state index in [-0.39, 0.29) is 35.6 Å². The summed E-state index contributed by atoms with van der Waals surface area (Å²) in [6.07, 6.45) is 0. The number of hydrogen-bond donors (Lipinski definition) is 4. The maximum atomic E-state index is 11.8. The van der Waals surface area contributed by atoms with Gasteiger partial charge in [0.1, 0.15) is 11.5 Å². The first-order chi connectivity index (χ1) is 7.93. The van der Waals surface area contributed by atoms with Gasteiger partial charge < -0.3 is 20.6 Å². The van der Waals surface area contributed by atoms with Gasteiger partial charge in [0.15, 0.2) is 0 Å². The Morgan fingerprint density at radius 2 is 1.76 bits per heavy atom. The first-order valence-corrected chi connectivity index (χ1v) is 5.38. The summed E-state index contributed by atoms with van der Waals surface area (Å²) in [5.41, 5.74) is 0.154. The van der Waals surface area contributed by atoms with Crippen LogP contribution in [-0.4, -0.2) is 33.9 Å². The number of aliphatic hydroxyl groups is 1. The van der Waals surface area contributed by atoms with Gasteiger partial charge in [0.05, 0.1) is 12.6 Å². The van der Waals surface area contributed by atoms with Crippen molar-refractivity contribution >= 4 is 5.91 Å². The molecule has 17 heavy (non-hydrogen) atoms. The minimum atomic E-state index is -0.441. The molecule has 94 valence electrons. The van der Waals surface area contributed by atoms with Crippen molar-refractivity contribution in [3.8, 4) is 11.5 Å². The maximum absolute atomic E-state index is 11.8. The molecule has 0 radical (unpaired) electrons. The fourth-order valence-electron chi connectivity index (χ4n) is 1.40. The third-order valence-corrected chi connectivity index (χ3v) is 2.48. The van der Waals surface area contributed by atoms with Gasteiger partial charge in [-0.15, -0.1) is 0 Å². The molecular formula is C12H17NO4. The van der Waals surface area contributed by atoms with Crippen LogP contribution in [0.15, 0.2) is 18.2 Å². The zero-order chi connectivity index (χ0) is 13.0. The molecule has 4 N–H and O–H groups in total. The average molecular weight is 239 g/mol. The van der Waals surface area contributed by atoms with Gasteiger partial charge in [-0.3, -0.25) is 4.79 Å². The number of phenolic OH excluding ortho intramolecular Hbond substituents is 2. The molecule has 0 bridgehead atoms. The molecule has 0 fully saturated rings. The molecule has 0 saturated heterocycles. The quantitative estimate of drug-likeness (QED) is 0.627. The Morgan fingerprint density at radius 3 is 2.18 bits per heavy atom. The molecule has 0 aromatic heterocycles. The minimum Gasteiger partial charge on any atom is -0.508 e. The highest BCUT2D eigenvalue weighted by Crippen LogP contribution is 2.20. The van der Waals surface area contributed by atoms with Crippen molar-refractivity contribution in [2.24, 2.45) is 5.92 Å². The van der Waals surface area contributed by atoms with Crippen molar-refractivity contribution in [2.75, 3.05) is 6.61 Å². The smallest absolute Gasteiger partial charge is 0.251 e. The summed E-state index contributed by atoms with van der Waals surface area (Å²) < 4.78 is 0. The summed E-state index contributed by atoms with van der Waals surface area (Å²) in [5, 5.41) is 30.2. The first kappa shape index (κ1) is 13.3. The van der Waals surface area contributed by atoms with Crippen LogP contribution in [0.25, 0.3) is 0 Å². The van der Waals surface area contributed by atoms with Crippen molar-refractivity contribution in [2.45, 2.75) is 19.9 Å². The van der Waals surface area contributed by atoms with Crippen LogP contribution in [0, 0.1) is 5.92 Å². The molecule has 5 nitrogen and oxygen atoms in total. The van der Waals surface area contributed by atoms with E-state index < -0.39 is 5.91 Å². The molecule has 5 heteroatoms. The summed E-state index contributed by atoms with van der Waals surface area (Å²) in [4.78, 5) is 11.8. The predicted molar refractivity (Wildman–Crippen MR) is 62.9 cm³/mol. The Morgan fingerprint density at radius 1 is 1.24 bits per heavy atom. The molecule has 0 spiro atoms. The van der Waals surface area contributed by atoms with Gasteiger partial charge >= 0.3 is 0 Å². The number of phenols is 2. The van der Waals surface area contributed by atoms with E-state index in [1.807, 2.05) is 13.8 Å². The monoisotopic (exact) mass is 239 g/mol. The van der Waals surface area contributed by atoms with E-state index in [0.29, 0.717) is 0 Å². The fourth-order valence-corrected chi connectivity index (χ4v) is 1.40. The molecule has 0 saturated carbocycles. The standard InChI is InChI=1S/C12H17NO4/c1-7(2)11(6-14)13-12(17)8-3-9(15)5-10(16)4-8/h3-5,7,11,14-16H,6H2,1-2H3,(H,13,17)/t11-/m1/s1. The van der Waals surface area contributed by atoms with E-state index >= 15 is 0 Å². The second kappa shape index (κ2) is 5.54. The minimum absolute atomic E-state index is 0.0925. The van der Waals surface area contributed by atoms with Gasteiger partial charge in [-0.1, -0.05) is 13.8 Å². The highest BCUT2D eigenvalue weighted by Gasteiger charge is 2.16. The van der Waals surface area contributed by atoms with Crippen LogP contribution in [0.2, 0.25) is 0 Å². The highest BCUT2D eigenvalue weighted by molar-refractivity contribution is 5.95. The van der Waals surface area contributed by atoms with Crippen LogP contribution in [0.4, 0.5) is 0 Å². The Balaban J connectivity index is 2.82. The summed E-state index contributed by atoms with van der Waals surface area (Å²) in [5.74, 6) is -0.709. The number of hydrogen-bond acceptors (Lipinski definition) is 4. The van der Waals surface area contributed by atoms with E-state index in [4.69, 9.17) is 5.11 Å². The van der Waals surface area contributed by atoms with Crippen LogP contribution >= 0.6 is 0 Å². The topological polar surface area (TPSA) is 89.8 Å². The number of aromatic hydroxyl groups is 2. The zero-order valence-corrected chi connectivity index (χ0v) is 9.84. The molecule has 1 atom stereocenters. The average Bonchev–Trinajstić information content (AvgIpc) is 2.23. The lowest BCUT2D eigenvalue weighted by atomic mass is 10.0. The highest BCUT2D eigenvalue weighted by atomic mass is 16.3. The van der Waals surface area contributed by atoms with E-state index in [1.54, 1.807) is 0 Å². The van der Waals surface area contributed by atoms with Gasteiger partial charge in [0, 0.05) is 11.6 Å². The number of benzene rings is 1. The van der Waals surface area contributed by atoms with Crippen molar-refractivity contribution in [3.05, 3.63) is 23.8 Å². The molecule has 1 rings (SSSR count). The summed E-state index contributed by atoms with van der Waals surface area (Å²) >= 11 is 0. The van der Waals surface area contributed by atoms with E-state index in [0.717, 1.165) is 6.07 Å². The summed E-state index contributed by atoms with van der Waals surface area (Å²) in [6, 6.07) is 3.29. The SMILES string of the molecule is CC(C)[C@@H](CO)NC(=O)c1cc(O)cc(O)c1. The lowest BCUT2D eigenvalue weighted by molar-refractivity contribution is 0.0896. The normalized spacial score (nSPS) is 12.5. The van der Waals surface area contributed by atoms with Gasteiger partial charge in [-0.05, 0) is 18.1 Å². The van der Waals surface area contributed by atoms with Crippen LogP contribution in [-0.2, 0) is 0 Å². The number of amides is 1. The van der Waals surface area contributed by atoms with Crippen LogP contribution < -0.4 is 5.32 Å². The third kappa shape index (κ3) is 3.64. The van der Waals surface area contributed by atoms with Gasteiger partial charge in [-0.2, -0.15) is 0 Å². The van der Waals surface area contributed by atoms with Gasteiger partial charge in [0.2, 0.25) is 0 Å². The molecule has 1 aromatic carbocycles. The molecule has 0 heterocycles. The second-order valence-corrected chi connectivity index (χ2v) is 4.24. The van der Waals surface area contributed by atoms with Crippen LogP contribution in [0.3, 0.4) is 0 Å². The van der Waals surface area contributed by atoms with Crippen molar-refractivity contribution in [1.82, 2.24) is 5.32 Å². The van der Waals surface area contributed by atoms with Crippen molar-refractivity contribution in [3.63, 3.8) is 0 Å². The van der Waals surface area contributed by atoms with Crippen molar-refractivity contribution in [1.29, 1.82) is 0 Å². The lowest BCUT2D eigenvalue weighted by Gasteiger charge is -2.19. The molecule has 0 aliphatic rings. The van der Waals surface area contributed by atoms with Crippen LogP contribution in [0.1, 0.15) is 24.2 Å². The number of aliphatic hydroxyl groups excluding tert-OH is 1. The fraction of sp³-hybridized carbons (Fsp3) is 0.417.